The monoisotopic (exact) mass is 597 g/mol. The molecule has 0 saturated carbocycles. The average molecular weight is 598 g/mol. The minimum Gasteiger partial charge on any atom is -0.313 e. The first-order valence-corrected chi connectivity index (χ1v) is 17.2. The molecule has 0 bridgehead atoms. The molecule has 1 aliphatic rings. The molecule has 4 aromatic carbocycles. The molecule has 0 radical (unpaired) electrons. The molecule has 0 unspecified atom stereocenters. The highest BCUT2D eigenvalue weighted by Crippen LogP contribution is 2.32. The number of hydrogen-bond donors (Lipinski definition) is 0. The minimum absolute atomic E-state index is 1.09. The number of nitrogens with zero attached hydrogens (tertiary/aromatic N) is 1. The third-order valence-electron chi connectivity index (χ3n) is 8.22. The van der Waals surface area contributed by atoms with E-state index in [1.807, 2.05) is 27.7 Å². The van der Waals surface area contributed by atoms with Crippen LogP contribution in [0.5, 0.6) is 0 Å². The van der Waals surface area contributed by atoms with E-state index in [1.54, 1.807) is 0 Å². The summed E-state index contributed by atoms with van der Waals surface area (Å²) >= 11 is 0. The molecule has 45 heavy (non-hydrogen) atoms. The van der Waals surface area contributed by atoms with Crippen LogP contribution in [0.4, 0.5) is 0 Å². The number of allylic oxidation sites excluding steroid dienone is 4. The number of benzene rings is 4. The van der Waals surface area contributed by atoms with Crippen molar-refractivity contribution in [2.45, 2.75) is 94.4 Å². The third-order valence-corrected chi connectivity index (χ3v) is 8.22. The molecule has 1 aliphatic carbocycles. The second kappa shape index (κ2) is 18.0. The zero-order valence-electron chi connectivity index (χ0n) is 29.4. The SMILES string of the molecule is CC.CC.CCCc1c(CC)c2ccccc2n1-c1ccc(C)cc1.Cc1ccccc1-c1cc(C2=CCCC=C2)ccc1C. The lowest BCUT2D eigenvalue weighted by molar-refractivity contribution is 0.835. The van der Waals surface area contributed by atoms with Crippen LogP contribution in [0.1, 0.15) is 94.3 Å². The first kappa shape index (κ1) is 35.4. The topological polar surface area (TPSA) is 4.93 Å². The fraction of sp³-hybridized carbons (Fsp3) is 0.318. The van der Waals surface area contributed by atoms with Gasteiger partial charge in [0.05, 0.1) is 5.52 Å². The van der Waals surface area contributed by atoms with E-state index in [4.69, 9.17) is 0 Å². The zero-order chi connectivity index (χ0) is 32.8. The quantitative estimate of drug-likeness (QED) is 0.183. The van der Waals surface area contributed by atoms with Crippen molar-refractivity contribution in [3.8, 4) is 16.8 Å². The first-order valence-electron chi connectivity index (χ1n) is 17.2. The molecule has 0 N–H and O–H groups in total. The summed E-state index contributed by atoms with van der Waals surface area (Å²) in [6, 6.07) is 33.1. The minimum atomic E-state index is 1.09. The van der Waals surface area contributed by atoms with Crippen molar-refractivity contribution in [1.29, 1.82) is 0 Å². The fourth-order valence-corrected chi connectivity index (χ4v) is 6.04. The fourth-order valence-electron chi connectivity index (χ4n) is 6.04. The molecule has 0 aliphatic heterocycles. The summed E-state index contributed by atoms with van der Waals surface area (Å²) < 4.78 is 2.46. The molecule has 1 aromatic heterocycles. The summed E-state index contributed by atoms with van der Waals surface area (Å²) in [5.41, 5.74) is 14.9. The van der Waals surface area contributed by atoms with Crippen LogP contribution < -0.4 is 0 Å². The maximum atomic E-state index is 2.46. The molecule has 1 nitrogen and oxygen atoms in total. The standard InChI is InChI=1S/C20H23N.C20H20.2C2H6/c1-4-8-19-17(5-2)18-9-6-7-10-20(18)21(19)16-13-11-15(3)12-14-16;1-15-8-6-7-11-19(15)20-14-18(13-12-16(20)2)17-9-4-3-5-10-17;2*1-2/h6-7,9-14H,4-5,8H2,1-3H3;4,6-14H,3,5H2,1-2H3;2*1-2H3. The summed E-state index contributed by atoms with van der Waals surface area (Å²) in [6.07, 6.45) is 12.6. The average Bonchev–Trinajstić information content (AvgIpc) is 3.41. The number of aryl methyl sites for hydroxylation is 4. The van der Waals surface area contributed by atoms with Crippen molar-refractivity contribution in [2.75, 3.05) is 0 Å². The highest BCUT2D eigenvalue weighted by molar-refractivity contribution is 5.87. The van der Waals surface area contributed by atoms with Gasteiger partial charge in [0, 0.05) is 16.8 Å². The van der Waals surface area contributed by atoms with Gasteiger partial charge in [-0.2, -0.15) is 0 Å². The Hall–Kier alpha value is -4.10. The Morgan fingerprint density at radius 2 is 1.33 bits per heavy atom. The maximum Gasteiger partial charge on any atom is 0.0534 e. The molecule has 1 heterocycles. The van der Waals surface area contributed by atoms with Crippen LogP contribution in [-0.2, 0) is 12.8 Å². The summed E-state index contributed by atoms with van der Waals surface area (Å²) in [4.78, 5) is 0. The van der Waals surface area contributed by atoms with Crippen LogP contribution in [0.25, 0.3) is 33.3 Å². The van der Waals surface area contributed by atoms with Crippen molar-refractivity contribution >= 4 is 16.5 Å². The van der Waals surface area contributed by atoms with Gasteiger partial charge in [-0.3, -0.25) is 0 Å². The second-order valence-electron chi connectivity index (χ2n) is 11.2. The molecular weight excluding hydrogens is 542 g/mol. The number of para-hydroxylation sites is 1. The van der Waals surface area contributed by atoms with Gasteiger partial charge in [0.15, 0.2) is 0 Å². The van der Waals surface area contributed by atoms with Crippen LogP contribution in [0.2, 0.25) is 0 Å². The molecule has 0 amide bonds. The Morgan fingerprint density at radius 3 is 1.98 bits per heavy atom. The van der Waals surface area contributed by atoms with Crippen LogP contribution in [0, 0.1) is 20.8 Å². The number of aromatic nitrogens is 1. The third kappa shape index (κ3) is 8.54. The van der Waals surface area contributed by atoms with E-state index in [0.717, 1.165) is 19.3 Å². The predicted octanol–water partition coefficient (Wildman–Crippen LogP) is 13.2. The highest BCUT2D eigenvalue weighted by atomic mass is 15.0. The normalized spacial score (nSPS) is 11.8. The van der Waals surface area contributed by atoms with E-state index >= 15 is 0 Å². The van der Waals surface area contributed by atoms with Gasteiger partial charge in [-0.05, 0) is 110 Å². The van der Waals surface area contributed by atoms with Crippen LogP contribution in [0.3, 0.4) is 0 Å². The molecular formula is C44H55N. The summed E-state index contributed by atoms with van der Waals surface area (Å²) in [7, 11) is 0. The van der Waals surface area contributed by atoms with Gasteiger partial charge < -0.3 is 4.57 Å². The van der Waals surface area contributed by atoms with Crippen molar-refractivity contribution < 1.29 is 0 Å². The van der Waals surface area contributed by atoms with E-state index < -0.39 is 0 Å². The Bertz CT molecular complexity index is 1690. The first-order chi connectivity index (χ1) is 22.0. The van der Waals surface area contributed by atoms with Gasteiger partial charge >= 0.3 is 0 Å². The second-order valence-corrected chi connectivity index (χ2v) is 11.2. The lowest BCUT2D eigenvalue weighted by Gasteiger charge is -2.13. The molecule has 1 heteroatoms. The number of hydrogen-bond acceptors (Lipinski definition) is 0. The molecule has 0 atom stereocenters. The van der Waals surface area contributed by atoms with E-state index in [0.29, 0.717) is 0 Å². The number of fused-ring (bicyclic) bond motifs is 1. The molecule has 5 aromatic rings. The van der Waals surface area contributed by atoms with E-state index in [1.165, 1.54) is 79.6 Å². The lowest BCUT2D eigenvalue weighted by atomic mass is 9.91. The summed E-state index contributed by atoms with van der Waals surface area (Å²) in [6.45, 7) is 19.0. The van der Waals surface area contributed by atoms with Crippen LogP contribution in [0.15, 0.2) is 109 Å². The molecule has 0 fully saturated rings. The van der Waals surface area contributed by atoms with Gasteiger partial charge in [0.1, 0.15) is 0 Å². The van der Waals surface area contributed by atoms with Crippen LogP contribution >= 0.6 is 0 Å². The molecule has 0 saturated heterocycles. The van der Waals surface area contributed by atoms with Crippen molar-refractivity contribution in [3.05, 3.63) is 143 Å². The van der Waals surface area contributed by atoms with E-state index in [2.05, 4.69) is 148 Å². The Balaban J connectivity index is 0.000000221. The van der Waals surface area contributed by atoms with Gasteiger partial charge in [-0.15, -0.1) is 0 Å². The zero-order valence-corrected chi connectivity index (χ0v) is 29.4. The van der Waals surface area contributed by atoms with Crippen molar-refractivity contribution in [2.24, 2.45) is 0 Å². The lowest BCUT2D eigenvalue weighted by Crippen LogP contribution is -2.02. The van der Waals surface area contributed by atoms with Gasteiger partial charge in [-0.25, -0.2) is 0 Å². The van der Waals surface area contributed by atoms with Gasteiger partial charge in [0.2, 0.25) is 0 Å². The van der Waals surface area contributed by atoms with Crippen molar-refractivity contribution in [3.63, 3.8) is 0 Å². The Kier molecular flexibility index (Phi) is 14.2. The van der Waals surface area contributed by atoms with E-state index in [9.17, 15) is 0 Å². The maximum absolute atomic E-state index is 2.46. The summed E-state index contributed by atoms with van der Waals surface area (Å²) in [5.74, 6) is 0. The number of rotatable bonds is 6. The summed E-state index contributed by atoms with van der Waals surface area (Å²) in [5, 5.41) is 1.41. The van der Waals surface area contributed by atoms with E-state index in [-0.39, 0.29) is 0 Å². The molecule has 6 rings (SSSR count). The van der Waals surface area contributed by atoms with Crippen molar-refractivity contribution in [1.82, 2.24) is 4.57 Å². The largest absolute Gasteiger partial charge is 0.313 e. The Labute approximate surface area is 274 Å². The predicted molar refractivity (Wildman–Crippen MR) is 202 cm³/mol. The smallest absolute Gasteiger partial charge is 0.0534 e. The highest BCUT2D eigenvalue weighted by Gasteiger charge is 2.16. The Morgan fingerprint density at radius 1 is 0.667 bits per heavy atom. The van der Waals surface area contributed by atoms with Crippen LogP contribution in [-0.4, -0.2) is 4.57 Å². The van der Waals surface area contributed by atoms with Gasteiger partial charge in [0.25, 0.3) is 0 Å². The molecule has 0 spiro atoms. The molecule has 236 valence electrons. The van der Waals surface area contributed by atoms with Gasteiger partial charge in [-0.1, -0.05) is 138 Å².